The maximum Gasteiger partial charge on any atom is 0.128 e. The standard InChI is InChI=1S/C17H25NO2/c1-12(2)19-13-6-7-14-15(18-3)11-17(8-4-5-9-17)20-16(14)10-13/h6-7,10,12,15,18H,4-5,8-9,11H2,1-3H3. The summed E-state index contributed by atoms with van der Waals surface area (Å²) in [4.78, 5) is 0. The van der Waals surface area contributed by atoms with Gasteiger partial charge in [-0.2, -0.15) is 0 Å². The Balaban J connectivity index is 1.92. The highest BCUT2D eigenvalue weighted by Gasteiger charge is 2.42. The van der Waals surface area contributed by atoms with Crippen LogP contribution in [-0.4, -0.2) is 18.8 Å². The molecule has 1 spiro atoms. The van der Waals surface area contributed by atoms with Crippen LogP contribution in [0, 0.1) is 0 Å². The molecule has 1 aliphatic carbocycles. The fraction of sp³-hybridized carbons (Fsp3) is 0.647. The Morgan fingerprint density at radius 2 is 2.05 bits per heavy atom. The molecule has 3 heteroatoms. The van der Waals surface area contributed by atoms with E-state index in [1.54, 1.807) is 0 Å². The van der Waals surface area contributed by atoms with Crippen molar-refractivity contribution in [1.82, 2.24) is 5.32 Å². The summed E-state index contributed by atoms with van der Waals surface area (Å²) in [6, 6.07) is 6.67. The van der Waals surface area contributed by atoms with Crippen molar-refractivity contribution in [2.24, 2.45) is 0 Å². The Bertz CT molecular complexity index is 478. The molecule has 0 radical (unpaired) electrons. The predicted molar refractivity (Wildman–Crippen MR) is 80.5 cm³/mol. The summed E-state index contributed by atoms with van der Waals surface area (Å²) in [7, 11) is 2.04. The Morgan fingerprint density at radius 3 is 2.70 bits per heavy atom. The van der Waals surface area contributed by atoms with E-state index in [0.717, 1.165) is 17.9 Å². The first-order valence-electron chi connectivity index (χ1n) is 7.79. The van der Waals surface area contributed by atoms with Crippen molar-refractivity contribution in [2.75, 3.05) is 7.05 Å². The van der Waals surface area contributed by atoms with Crippen LogP contribution in [0.1, 0.15) is 57.6 Å². The van der Waals surface area contributed by atoms with Crippen molar-refractivity contribution < 1.29 is 9.47 Å². The average molecular weight is 275 g/mol. The minimum absolute atomic E-state index is 0.0527. The van der Waals surface area contributed by atoms with Crippen LogP contribution in [0.15, 0.2) is 18.2 Å². The highest BCUT2D eigenvalue weighted by Crippen LogP contribution is 2.47. The van der Waals surface area contributed by atoms with Gasteiger partial charge >= 0.3 is 0 Å². The zero-order chi connectivity index (χ0) is 14.2. The molecule has 1 unspecified atom stereocenters. The van der Waals surface area contributed by atoms with Crippen LogP contribution in [0.5, 0.6) is 11.5 Å². The zero-order valence-corrected chi connectivity index (χ0v) is 12.7. The molecular formula is C17H25NO2. The molecule has 2 aliphatic rings. The lowest BCUT2D eigenvalue weighted by molar-refractivity contribution is 0.0375. The van der Waals surface area contributed by atoms with Gasteiger partial charge in [0, 0.05) is 24.1 Å². The number of hydrogen-bond acceptors (Lipinski definition) is 3. The molecule has 1 atom stereocenters. The van der Waals surface area contributed by atoms with Crippen LogP contribution in [-0.2, 0) is 0 Å². The molecule has 3 nitrogen and oxygen atoms in total. The van der Waals surface area contributed by atoms with Gasteiger partial charge in [0.1, 0.15) is 17.1 Å². The Kier molecular flexibility index (Phi) is 3.63. The smallest absolute Gasteiger partial charge is 0.128 e. The summed E-state index contributed by atoms with van der Waals surface area (Å²) in [5.74, 6) is 1.92. The Hall–Kier alpha value is -1.22. The van der Waals surface area contributed by atoms with Crippen molar-refractivity contribution in [1.29, 1.82) is 0 Å². The van der Waals surface area contributed by atoms with E-state index in [1.165, 1.54) is 31.2 Å². The van der Waals surface area contributed by atoms with E-state index in [-0.39, 0.29) is 11.7 Å². The highest BCUT2D eigenvalue weighted by atomic mass is 16.5. The quantitative estimate of drug-likeness (QED) is 0.909. The SMILES string of the molecule is CNC1CC2(CCCC2)Oc2cc(OC(C)C)ccc21. The second kappa shape index (κ2) is 5.28. The molecule has 1 N–H and O–H groups in total. The largest absolute Gasteiger partial charge is 0.491 e. The van der Waals surface area contributed by atoms with Gasteiger partial charge in [-0.15, -0.1) is 0 Å². The summed E-state index contributed by atoms with van der Waals surface area (Å²) < 4.78 is 12.2. The van der Waals surface area contributed by atoms with Gasteiger partial charge in [-0.05, 0) is 52.6 Å². The van der Waals surface area contributed by atoms with Crippen LogP contribution in [0.4, 0.5) is 0 Å². The fourth-order valence-electron chi connectivity index (χ4n) is 3.58. The Labute approximate surface area is 121 Å². The molecule has 1 aromatic rings. The van der Waals surface area contributed by atoms with E-state index in [9.17, 15) is 0 Å². The fourth-order valence-corrected chi connectivity index (χ4v) is 3.58. The molecular weight excluding hydrogens is 250 g/mol. The molecule has 0 bridgehead atoms. The van der Waals surface area contributed by atoms with Crippen molar-refractivity contribution in [3.63, 3.8) is 0 Å². The molecule has 1 fully saturated rings. The van der Waals surface area contributed by atoms with E-state index in [4.69, 9.17) is 9.47 Å². The van der Waals surface area contributed by atoms with Gasteiger partial charge in [0.15, 0.2) is 0 Å². The second-order valence-electron chi connectivity index (χ2n) is 6.40. The number of benzene rings is 1. The van der Waals surface area contributed by atoms with Crippen molar-refractivity contribution in [3.05, 3.63) is 23.8 Å². The second-order valence-corrected chi connectivity index (χ2v) is 6.40. The van der Waals surface area contributed by atoms with E-state index in [2.05, 4.69) is 37.4 Å². The lowest BCUT2D eigenvalue weighted by Gasteiger charge is -2.40. The molecule has 0 saturated heterocycles. The molecule has 3 rings (SSSR count). The molecule has 1 saturated carbocycles. The van der Waals surface area contributed by atoms with E-state index in [0.29, 0.717) is 6.04 Å². The third-order valence-electron chi connectivity index (χ3n) is 4.50. The normalized spacial score (nSPS) is 23.7. The summed E-state index contributed by atoms with van der Waals surface area (Å²) in [5.41, 5.74) is 1.32. The monoisotopic (exact) mass is 275 g/mol. The highest BCUT2D eigenvalue weighted by molar-refractivity contribution is 5.45. The molecule has 20 heavy (non-hydrogen) atoms. The van der Waals surface area contributed by atoms with Gasteiger partial charge < -0.3 is 14.8 Å². The summed E-state index contributed by atoms with van der Waals surface area (Å²) >= 11 is 0. The first-order valence-corrected chi connectivity index (χ1v) is 7.79. The number of fused-ring (bicyclic) bond motifs is 1. The summed E-state index contributed by atoms with van der Waals surface area (Å²) in [6.45, 7) is 4.10. The zero-order valence-electron chi connectivity index (χ0n) is 12.7. The van der Waals surface area contributed by atoms with Gasteiger partial charge in [-0.25, -0.2) is 0 Å². The van der Waals surface area contributed by atoms with E-state index >= 15 is 0 Å². The predicted octanol–water partition coefficient (Wildman–Crippen LogP) is 3.83. The third kappa shape index (κ3) is 2.51. The third-order valence-corrected chi connectivity index (χ3v) is 4.50. The first-order chi connectivity index (χ1) is 9.62. The number of hydrogen-bond donors (Lipinski definition) is 1. The molecule has 0 aromatic heterocycles. The van der Waals surface area contributed by atoms with Crippen LogP contribution < -0.4 is 14.8 Å². The maximum atomic E-state index is 6.41. The van der Waals surface area contributed by atoms with Crippen molar-refractivity contribution >= 4 is 0 Å². The molecule has 0 amide bonds. The van der Waals surface area contributed by atoms with E-state index < -0.39 is 0 Å². The topological polar surface area (TPSA) is 30.5 Å². The Morgan fingerprint density at radius 1 is 1.30 bits per heavy atom. The first kappa shape index (κ1) is 13.7. The van der Waals surface area contributed by atoms with Crippen molar-refractivity contribution in [3.8, 4) is 11.5 Å². The minimum atomic E-state index is 0.0527. The summed E-state index contributed by atoms with van der Waals surface area (Å²) in [5, 5.41) is 3.45. The van der Waals surface area contributed by atoms with Gasteiger partial charge in [-0.1, -0.05) is 6.07 Å². The molecule has 1 heterocycles. The average Bonchev–Trinajstić information content (AvgIpc) is 2.84. The lowest BCUT2D eigenvalue weighted by atomic mass is 9.86. The minimum Gasteiger partial charge on any atom is -0.491 e. The van der Waals surface area contributed by atoms with Gasteiger partial charge in [-0.3, -0.25) is 0 Å². The molecule has 1 aliphatic heterocycles. The maximum absolute atomic E-state index is 6.41. The number of rotatable bonds is 3. The number of ether oxygens (including phenoxy) is 2. The number of nitrogens with one attached hydrogen (secondary N) is 1. The van der Waals surface area contributed by atoms with Crippen molar-refractivity contribution in [2.45, 2.75) is 63.7 Å². The van der Waals surface area contributed by atoms with Gasteiger partial charge in [0.25, 0.3) is 0 Å². The van der Waals surface area contributed by atoms with Crippen LogP contribution in [0.2, 0.25) is 0 Å². The van der Waals surface area contributed by atoms with Gasteiger partial charge in [0.05, 0.1) is 6.10 Å². The molecule has 1 aromatic carbocycles. The molecule has 110 valence electrons. The van der Waals surface area contributed by atoms with Crippen LogP contribution in [0.25, 0.3) is 0 Å². The summed E-state index contributed by atoms with van der Waals surface area (Å²) in [6.07, 6.45) is 6.21. The van der Waals surface area contributed by atoms with Crippen LogP contribution >= 0.6 is 0 Å². The van der Waals surface area contributed by atoms with Gasteiger partial charge in [0.2, 0.25) is 0 Å². The lowest BCUT2D eigenvalue weighted by Crippen LogP contribution is -2.41. The van der Waals surface area contributed by atoms with Crippen LogP contribution in [0.3, 0.4) is 0 Å². The van der Waals surface area contributed by atoms with E-state index in [1.807, 2.05) is 7.05 Å².